The van der Waals surface area contributed by atoms with E-state index in [1.165, 1.54) is 4.90 Å². The molecule has 0 radical (unpaired) electrons. The summed E-state index contributed by atoms with van der Waals surface area (Å²) in [7, 11) is 1.68. The van der Waals surface area contributed by atoms with Crippen molar-refractivity contribution in [3.8, 4) is 0 Å². The average Bonchev–Trinajstić information content (AvgIpc) is 2.40. The lowest BCUT2D eigenvalue weighted by atomic mass is 9.91. The van der Waals surface area contributed by atoms with Gasteiger partial charge in [-0.2, -0.15) is 0 Å². The molecule has 6 heteroatoms. The summed E-state index contributed by atoms with van der Waals surface area (Å²) in [6.45, 7) is 5.94. The summed E-state index contributed by atoms with van der Waals surface area (Å²) in [4.78, 5) is 25.3. The fourth-order valence-corrected chi connectivity index (χ4v) is 2.31. The molecular weight excluding hydrogens is 251 g/mol. The Bertz CT molecular complexity index is 312. The highest BCUT2D eigenvalue weighted by Gasteiger charge is 2.45. The smallest absolute Gasteiger partial charge is 0.257 e. The number of likely N-dealkylation sites (N-methyl/N-ethyl adjacent to an activating group) is 1. The van der Waals surface area contributed by atoms with E-state index in [1.54, 1.807) is 11.9 Å². The highest BCUT2D eigenvalue weighted by atomic mass is 35.5. The molecule has 0 N–H and O–H groups in total. The van der Waals surface area contributed by atoms with Crippen LogP contribution in [0, 0.1) is 5.41 Å². The van der Waals surface area contributed by atoms with Gasteiger partial charge in [-0.25, -0.2) is 0 Å². The van der Waals surface area contributed by atoms with Crippen molar-refractivity contribution in [2.75, 3.05) is 13.6 Å². The van der Waals surface area contributed by atoms with Crippen LogP contribution < -0.4 is 0 Å². The van der Waals surface area contributed by atoms with Gasteiger partial charge in [0.15, 0.2) is 4.84 Å². The highest BCUT2D eigenvalue weighted by Crippen LogP contribution is 2.31. The van der Waals surface area contributed by atoms with E-state index in [4.69, 9.17) is 23.2 Å². The molecule has 0 bridgehead atoms. The van der Waals surface area contributed by atoms with Crippen molar-refractivity contribution >= 4 is 35.0 Å². The molecule has 1 fully saturated rings. The summed E-state index contributed by atoms with van der Waals surface area (Å²) in [5.41, 5.74) is -0.237. The number of hydrogen-bond donors (Lipinski definition) is 0. The fraction of sp³-hybridized carbons (Fsp3) is 0.800. The molecular formula is C10H16Cl2N2O2. The summed E-state index contributed by atoms with van der Waals surface area (Å²) < 4.78 is 0. The Balaban J connectivity index is 3.01. The van der Waals surface area contributed by atoms with Crippen molar-refractivity contribution in [3.05, 3.63) is 0 Å². The van der Waals surface area contributed by atoms with E-state index in [2.05, 4.69) is 0 Å². The maximum absolute atomic E-state index is 11.8. The number of alkyl halides is 2. The Kier molecular flexibility index (Phi) is 3.75. The number of carbonyl (C=O) groups excluding carboxylic acids is 2. The van der Waals surface area contributed by atoms with Crippen LogP contribution in [0.5, 0.6) is 0 Å². The molecule has 0 aromatic heterocycles. The first-order valence-electron chi connectivity index (χ1n) is 5.00. The van der Waals surface area contributed by atoms with Crippen LogP contribution in [0.4, 0.5) is 0 Å². The second-order valence-electron chi connectivity index (χ2n) is 5.01. The molecule has 2 amide bonds. The van der Waals surface area contributed by atoms with E-state index in [1.807, 2.05) is 20.8 Å². The summed E-state index contributed by atoms with van der Waals surface area (Å²) in [5.74, 6) is -0.511. The average molecular weight is 267 g/mol. The van der Waals surface area contributed by atoms with Gasteiger partial charge in [0.05, 0.1) is 0 Å². The topological polar surface area (TPSA) is 40.6 Å². The van der Waals surface area contributed by atoms with Gasteiger partial charge >= 0.3 is 0 Å². The molecule has 1 rings (SSSR count). The number of hydrogen-bond acceptors (Lipinski definition) is 2. The normalized spacial score (nSPS) is 22.2. The van der Waals surface area contributed by atoms with Crippen LogP contribution in [0.1, 0.15) is 20.8 Å². The standard InChI is InChI=1S/C10H16Cl2N2O2/c1-10(2,3)9-13(4)6(15)5-14(9)8(16)7(11)12/h7,9H,5H2,1-4H3. The first kappa shape index (κ1) is 13.6. The summed E-state index contributed by atoms with van der Waals surface area (Å²) in [5, 5.41) is 0. The number of nitrogens with zero attached hydrogens (tertiary/aromatic N) is 2. The van der Waals surface area contributed by atoms with Crippen LogP contribution in [-0.2, 0) is 9.59 Å². The van der Waals surface area contributed by atoms with Gasteiger partial charge in [-0.3, -0.25) is 9.59 Å². The third kappa shape index (κ3) is 2.43. The third-order valence-corrected chi connectivity index (χ3v) is 2.98. The minimum atomic E-state index is -1.12. The number of amides is 2. The molecule has 1 aliphatic rings. The van der Waals surface area contributed by atoms with Crippen LogP contribution in [0.15, 0.2) is 0 Å². The van der Waals surface area contributed by atoms with Crippen LogP contribution in [0.3, 0.4) is 0 Å². The zero-order chi connectivity index (χ0) is 12.7. The van der Waals surface area contributed by atoms with Gasteiger partial charge in [-0.05, 0) is 0 Å². The largest absolute Gasteiger partial charge is 0.323 e. The maximum Gasteiger partial charge on any atom is 0.257 e. The van der Waals surface area contributed by atoms with Gasteiger partial charge in [0.25, 0.3) is 5.91 Å². The first-order chi connectivity index (χ1) is 7.16. The van der Waals surface area contributed by atoms with Crippen LogP contribution in [0.2, 0.25) is 0 Å². The second-order valence-corrected chi connectivity index (χ2v) is 6.11. The van der Waals surface area contributed by atoms with Crippen molar-refractivity contribution in [1.82, 2.24) is 9.80 Å². The molecule has 0 aromatic carbocycles. The van der Waals surface area contributed by atoms with E-state index in [0.29, 0.717) is 0 Å². The lowest BCUT2D eigenvalue weighted by Gasteiger charge is -2.37. The predicted octanol–water partition coefficient (Wildman–Crippen LogP) is 1.46. The van der Waals surface area contributed by atoms with Crippen molar-refractivity contribution < 1.29 is 9.59 Å². The molecule has 1 aliphatic heterocycles. The quantitative estimate of drug-likeness (QED) is 0.675. The zero-order valence-electron chi connectivity index (χ0n) is 9.83. The lowest BCUT2D eigenvalue weighted by molar-refractivity contribution is -0.134. The van der Waals surface area contributed by atoms with Crippen LogP contribution in [-0.4, -0.2) is 46.2 Å². The van der Waals surface area contributed by atoms with Gasteiger partial charge < -0.3 is 9.80 Å². The maximum atomic E-state index is 11.8. The second kappa shape index (κ2) is 4.41. The van der Waals surface area contributed by atoms with Gasteiger partial charge in [0.2, 0.25) is 5.91 Å². The molecule has 16 heavy (non-hydrogen) atoms. The minimum absolute atomic E-state index is 0.0488. The Morgan fingerprint density at radius 2 is 1.94 bits per heavy atom. The lowest BCUT2D eigenvalue weighted by Crippen LogP contribution is -2.50. The molecule has 92 valence electrons. The van der Waals surface area contributed by atoms with Crippen LogP contribution in [0.25, 0.3) is 0 Å². The summed E-state index contributed by atoms with van der Waals surface area (Å²) in [6, 6.07) is 0. The van der Waals surface area contributed by atoms with Crippen molar-refractivity contribution in [3.63, 3.8) is 0 Å². The van der Waals surface area contributed by atoms with E-state index < -0.39 is 10.7 Å². The van der Waals surface area contributed by atoms with Crippen LogP contribution >= 0.6 is 23.2 Å². The SMILES string of the molecule is CN1C(=O)CN(C(=O)C(Cl)Cl)C1C(C)(C)C. The Morgan fingerprint density at radius 1 is 1.44 bits per heavy atom. The molecule has 1 saturated heterocycles. The molecule has 0 saturated carbocycles. The van der Waals surface area contributed by atoms with E-state index in [-0.39, 0.29) is 24.0 Å². The van der Waals surface area contributed by atoms with Gasteiger partial charge in [-0.1, -0.05) is 44.0 Å². The number of carbonyl (C=O) groups is 2. The summed E-state index contributed by atoms with van der Waals surface area (Å²) >= 11 is 11.1. The minimum Gasteiger partial charge on any atom is -0.323 e. The van der Waals surface area contributed by atoms with Crippen molar-refractivity contribution in [2.45, 2.75) is 31.8 Å². The van der Waals surface area contributed by atoms with Gasteiger partial charge in [0.1, 0.15) is 12.7 Å². The van der Waals surface area contributed by atoms with Crippen molar-refractivity contribution in [2.24, 2.45) is 5.41 Å². The number of rotatable bonds is 1. The third-order valence-electron chi connectivity index (χ3n) is 2.61. The molecule has 1 unspecified atom stereocenters. The Morgan fingerprint density at radius 3 is 2.31 bits per heavy atom. The van der Waals surface area contributed by atoms with E-state index in [0.717, 1.165) is 0 Å². The number of halogens is 2. The predicted molar refractivity (Wildman–Crippen MR) is 63.2 cm³/mol. The monoisotopic (exact) mass is 266 g/mol. The summed E-state index contributed by atoms with van der Waals surface area (Å²) in [6.07, 6.45) is -0.299. The van der Waals surface area contributed by atoms with E-state index >= 15 is 0 Å². The molecule has 0 spiro atoms. The Hall–Kier alpha value is -0.480. The Labute approximate surface area is 105 Å². The highest BCUT2D eigenvalue weighted by molar-refractivity contribution is 6.53. The molecule has 0 aliphatic carbocycles. The molecule has 4 nitrogen and oxygen atoms in total. The molecule has 0 aromatic rings. The van der Waals surface area contributed by atoms with E-state index in [9.17, 15) is 9.59 Å². The first-order valence-corrected chi connectivity index (χ1v) is 5.88. The molecule has 1 heterocycles. The fourth-order valence-electron chi connectivity index (χ4n) is 2.06. The molecule has 1 atom stereocenters. The van der Waals surface area contributed by atoms with Gasteiger partial charge in [-0.15, -0.1) is 0 Å². The van der Waals surface area contributed by atoms with Crippen molar-refractivity contribution in [1.29, 1.82) is 0 Å². The van der Waals surface area contributed by atoms with Gasteiger partial charge in [0, 0.05) is 12.5 Å². The zero-order valence-corrected chi connectivity index (χ0v) is 11.3.